The van der Waals surface area contributed by atoms with Gasteiger partial charge in [0.2, 0.25) is 0 Å². The first-order chi connectivity index (χ1) is 10.0. The van der Waals surface area contributed by atoms with Crippen molar-refractivity contribution in [2.45, 2.75) is 39.2 Å². The number of rotatable bonds is 5. The summed E-state index contributed by atoms with van der Waals surface area (Å²) in [4.78, 5) is 23.2. The molecule has 1 aliphatic rings. The Bertz CT molecular complexity index is 522. The van der Waals surface area contributed by atoms with Crippen LogP contribution in [0.4, 0.5) is 4.79 Å². The van der Waals surface area contributed by atoms with Crippen LogP contribution in [0.3, 0.4) is 0 Å². The maximum Gasteiger partial charge on any atom is 0.315 e. The van der Waals surface area contributed by atoms with E-state index < -0.39 is 11.4 Å². The Balaban J connectivity index is 1.82. The second-order valence-corrected chi connectivity index (χ2v) is 5.76. The molecule has 0 saturated heterocycles. The minimum atomic E-state index is -0.806. The number of nitrogens with one attached hydrogen (secondary N) is 2. The highest BCUT2D eigenvalue weighted by atomic mass is 16.4. The molecule has 0 bridgehead atoms. The van der Waals surface area contributed by atoms with Crippen molar-refractivity contribution in [1.82, 2.24) is 10.6 Å². The van der Waals surface area contributed by atoms with Crippen LogP contribution in [0.25, 0.3) is 0 Å². The predicted molar refractivity (Wildman–Crippen MR) is 80.0 cm³/mol. The molecule has 21 heavy (non-hydrogen) atoms. The molecule has 1 aromatic rings. The van der Waals surface area contributed by atoms with Crippen LogP contribution in [0.5, 0.6) is 0 Å². The van der Waals surface area contributed by atoms with E-state index in [9.17, 15) is 14.7 Å². The molecule has 0 spiro atoms. The molecule has 5 heteroatoms. The van der Waals surface area contributed by atoms with Crippen LogP contribution in [0.1, 0.15) is 36.8 Å². The lowest BCUT2D eigenvalue weighted by Gasteiger charge is -2.24. The van der Waals surface area contributed by atoms with E-state index in [1.807, 2.05) is 31.2 Å². The summed E-state index contributed by atoms with van der Waals surface area (Å²) in [6.45, 7) is 2.63. The van der Waals surface area contributed by atoms with Crippen molar-refractivity contribution in [3.05, 3.63) is 35.4 Å². The number of carboxylic acid groups (broad SMARTS) is 1. The zero-order valence-corrected chi connectivity index (χ0v) is 12.3. The zero-order chi connectivity index (χ0) is 15.3. The van der Waals surface area contributed by atoms with Crippen molar-refractivity contribution in [2.75, 3.05) is 6.54 Å². The quantitative estimate of drug-likeness (QED) is 0.779. The van der Waals surface area contributed by atoms with Gasteiger partial charge in [0.25, 0.3) is 0 Å². The van der Waals surface area contributed by atoms with Gasteiger partial charge in [0.05, 0.1) is 5.41 Å². The molecule has 0 unspecified atom stereocenters. The fraction of sp³-hybridized carbons (Fsp3) is 0.500. The summed E-state index contributed by atoms with van der Waals surface area (Å²) >= 11 is 0. The minimum Gasteiger partial charge on any atom is -0.481 e. The van der Waals surface area contributed by atoms with Crippen LogP contribution in [0, 0.1) is 12.3 Å². The van der Waals surface area contributed by atoms with Crippen LogP contribution >= 0.6 is 0 Å². The van der Waals surface area contributed by atoms with Crippen molar-refractivity contribution in [1.29, 1.82) is 0 Å². The number of urea groups is 1. The Kier molecular flexibility index (Phi) is 4.83. The van der Waals surface area contributed by atoms with E-state index in [1.54, 1.807) is 0 Å². The SMILES string of the molecule is Cc1ccccc1CNC(=O)NCC1(C(=O)O)CCCC1. The van der Waals surface area contributed by atoms with Gasteiger partial charge in [-0.15, -0.1) is 0 Å². The number of benzene rings is 1. The smallest absolute Gasteiger partial charge is 0.315 e. The highest BCUT2D eigenvalue weighted by molar-refractivity contribution is 5.78. The van der Waals surface area contributed by atoms with E-state index >= 15 is 0 Å². The molecule has 114 valence electrons. The van der Waals surface area contributed by atoms with Gasteiger partial charge in [0, 0.05) is 13.1 Å². The molecule has 5 nitrogen and oxygen atoms in total. The van der Waals surface area contributed by atoms with E-state index in [1.165, 1.54) is 0 Å². The molecule has 0 atom stereocenters. The molecule has 0 radical (unpaired) electrons. The summed E-state index contributed by atoms with van der Waals surface area (Å²) in [5, 5.41) is 14.8. The topological polar surface area (TPSA) is 78.4 Å². The molecule has 1 aromatic carbocycles. The number of amides is 2. The average molecular weight is 290 g/mol. The Labute approximate surface area is 124 Å². The summed E-state index contributed by atoms with van der Waals surface area (Å²) in [6.07, 6.45) is 3.11. The van der Waals surface area contributed by atoms with Crippen LogP contribution in [0.15, 0.2) is 24.3 Å². The van der Waals surface area contributed by atoms with Crippen LogP contribution in [-0.4, -0.2) is 23.7 Å². The highest BCUT2D eigenvalue weighted by Gasteiger charge is 2.41. The summed E-state index contributed by atoms with van der Waals surface area (Å²) in [6, 6.07) is 7.53. The van der Waals surface area contributed by atoms with Crippen molar-refractivity contribution in [3.8, 4) is 0 Å². The van der Waals surface area contributed by atoms with E-state index in [2.05, 4.69) is 10.6 Å². The third-order valence-electron chi connectivity index (χ3n) is 4.30. The van der Waals surface area contributed by atoms with Crippen LogP contribution in [0.2, 0.25) is 0 Å². The van der Waals surface area contributed by atoms with Gasteiger partial charge < -0.3 is 15.7 Å². The summed E-state index contributed by atoms with van der Waals surface area (Å²) in [5.74, 6) is -0.806. The fourth-order valence-electron chi connectivity index (χ4n) is 2.81. The van der Waals surface area contributed by atoms with Gasteiger partial charge in [-0.25, -0.2) is 4.79 Å². The van der Waals surface area contributed by atoms with E-state index in [0.717, 1.165) is 24.0 Å². The molecular weight excluding hydrogens is 268 g/mol. The Morgan fingerprint density at radius 2 is 1.86 bits per heavy atom. The van der Waals surface area contributed by atoms with E-state index in [-0.39, 0.29) is 12.6 Å². The first-order valence-corrected chi connectivity index (χ1v) is 7.33. The molecule has 3 N–H and O–H groups in total. The number of carboxylic acids is 1. The van der Waals surface area contributed by atoms with Crippen molar-refractivity contribution < 1.29 is 14.7 Å². The number of aryl methyl sites for hydroxylation is 1. The molecule has 0 aliphatic heterocycles. The zero-order valence-electron chi connectivity index (χ0n) is 12.3. The van der Waals surface area contributed by atoms with Gasteiger partial charge in [-0.2, -0.15) is 0 Å². The van der Waals surface area contributed by atoms with Gasteiger partial charge in [0.15, 0.2) is 0 Å². The average Bonchev–Trinajstić information content (AvgIpc) is 2.94. The van der Waals surface area contributed by atoms with E-state index in [0.29, 0.717) is 19.4 Å². The molecule has 1 aliphatic carbocycles. The van der Waals surface area contributed by atoms with Gasteiger partial charge in [-0.05, 0) is 30.9 Å². The van der Waals surface area contributed by atoms with Gasteiger partial charge in [0.1, 0.15) is 0 Å². The number of carbonyl (C=O) groups is 2. The Hall–Kier alpha value is -2.04. The molecule has 1 saturated carbocycles. The number of carbonyl (C=O) groups excluding carboxylic acids is 1. The Morgan fingerprint density at radius 3 is 2.48 bits per heavy atom. The van der Waals surface area contributed by atoms with Gasteiger partial charge >= 0.3 is 12.0 Å². The number of aliphatic carboxylic acids is 1. The Morgan fingerprint density at radius 1 is 1.19 bits per heavy atom. The van der Waals surface area contributed by atoms with Gasteiger partial charge in [-0.1, -0.05) is 37.1 Å². The molecular formula is C16H22N2O3. The minimum absolute atomic E-state index is 0.196. The standard InChI is InChI=1S/C16H22N2O3/c1-12-6-2-3-7-13(12)10-17-15(21)18-11-16(14(19)20)8-4-5-9-16/h2-3,6-7H,4-5,8-11H2,1H3,(H,19,20)(H2,17,18,21). The third-order valence-corrected chi connectivity index (χ3v) is 4.30. The first kappa shape index (κ1) is 15.4. The molecule has 1 fully saturated rings. The molecule has 2 amide bonds. The normalized spacial score (nSPS) is 16.4. The molecule has 2 rings (SSSR count). The third kappa shape index (κ3) is 3.74. The van der Waals surface area contributed by atoms with Crippen molar-refractivity contribution in [2.24, 2.45) is 5.41 Å². The van der Waals surface area contributed by atoms with Crippen molar-refractivity contribution >= 4 is 12.0 Å². The monoisotopic (exact) mass is 290 g/mol. The maximum atomic E-state index is 11.8. The van der Waals surface area contributed by atoms with Crippen LogP contribution < -0.4 is 10.6 Å². The van der Waals surface area contributed by atoms with Gasteiger partial charge in [-0.3, -0.25) is 4.79 Å². The van der Waals surface area contributed by atoms with Crippen molar-refractivity contribution in [3.63, 3.8) is 0 Å². The second kappa shape index (κ2) is 6.61. The first-order valence-electron chi connectivity index (χ1n) is 7.33. The summed E-state index contributed by atoms with van der Waals surface area (Å²) in [5.41, 5.74) is 1.40. The lowest BCUT2D eigenvalue weighted by molar-refractivity contribution is -0.148. The lowest BCUT2D eigenvalue weighted by atomic mass is 9.86. The summed E-state index contributed by atoms with van der Waals surface area (Å²) < 4.78 is 0. The summed E-state index contributed by atoms with van der Waals surface area (Å²) in [7, 11) is 0. The fourth-order valence-corrected chi connectivity index (χ4v) is 2.81. The number of hydrogen-bond acceptors (Lipinski definition) is 2. The van der Waals surface area contributed by atoms with E-state index in [4.69, 9.17) is 0 Å². The highest BCUT2D eigenvalue weighted by Crippen LogP contribution is 2.37. The number of hydrogen-bond donors (Lipinski definition) is 3. The second-order valence-electron chi connectivity index (χ2n) is 5.76. The molecule has 0 aromatic heterocycles. The predicted octanol–water partition coefficient (Wildman–Crippen LogP) is 2.44. The molecule has 0 heterocycles. The largest absolute Gasteiger partial charge is 0.481 e. The lowest BCUT2D eigenvalue weighted by Crippen LogP contribution is -2.44. The maximum absolute atomic E-state index is 11.8. The van der Waals surface area contributed by atoms with Crippen LogP contribution in [-0.2, 0) is 11.3 Å².